The highest BCUT2D eigenvalue weighted by molar-refractivity contribution is 6.65. The van der Waals surface area contributed by atoms with Crippen molar-refractivity contribution in [1.29, 1.82) is 0 Å². The summed E-state index contributed by atoms with van der Waals surface area (Å²) in [5, 5.41) is -0.544. The fourth-order valence-electron chi connectivity index (χ4n) is 2.69. The Balaban J connectivity index is 2.60. The Kier molecular flexibility index (Phi) is 1.65. The Hall–Kier alpha value is -0.570. The van der Waals surface area contributed by atoms with E-state index in [0.29, 0.717) is 12.8 Å². The Bertz CT molecular complexity index is 336. The van der Waals surface area contributed by atoms with Crippen molar-refractivity contribution in [2.45, 2.75) is 39.2 Å². The Morgan fingerprint density at radius 2 is 1.93 bits per heavy atom. The number of fused-ring (bicyclic) bond motifs is 2. The van der Waals surface area contributed by atoms with Gasteiger partial charge in [0.25, 0.3) is 5.24 Å². The summed E-state index contributed by atoms with van der Waals surface area (Å²) in [6, 6.07) is 0. The number of carbonyl (C=O) groups excluding carboxylic acids is 2. The minimum absolute atomic E-state index is 0.289. The second-order valence-corrected chi connectivity index (χ2v) is 5.29. The summed E-state index contributed by atoms with van der Waals surface area (Å²) in [6.45, 7) is 5.61. The molecule has 2 fully saturated rings. The van der Waals surface area contributed by atoms with Crippen molar-refractivity contribution >= 4 is 22.8 Å². The summed E-state index contributed by atoms with van der Waals surface area (Å²) < 4.78 is 5.21. The molecule has 1 saturated heterocycles. The van der Waals surface area contributed by atoms with Crippen LogP contribution in [-0.4, -0.2) is 16.8 Å². The minimum Gasteiger partial charge on any atom is -0.449 e. The fraction of sp³-hybridized carbons (Fsp3) is 0.800. The maximum Gasteiger partial charge on any atom is 0.313 e. The van der Waals surface area contributed by atoms with Gasteiger partial charge in [-0.2, -0.15) is 0 Å². The number of halogens is 1. The zero-order valence-corrected chi connectivity index (χ0v) is 9.27. The van der Waals surface area contributed by atoms with Crippen molar-refractivity contribution in [2.24, 2.45) is 10.8 Å². The van der Waals surface area contributed by atoms with Crippen LogP contribution in [0.1, 0.15) is 33.6 Å². The number of rotatable bonds is 1. The summed E-state index contributed by atoms with van der Waals surface area (Å²) in [5.74, 6) is -0.289. The van der Waals surface area contributed by atoms with Gasteiger partial charge < -0.3 is 4.74 Å². The maximum atomic E-state index is 11.6. The number of hydrogen-bond acceptors (Lipinski definition) is 3. The van der Waals surface area contributed by atoms with Crippen LogP contribution in [0.25, 0.3) is 0 Å². The molecule has 0 spiro atoms. The number of esters is 1. The zero-order chi connectivity index (χ0) is 10.8. The number of carbonyl (C=O) groups is 2. The van der Waals surface area contributed by atoms with E-state index in [-0.39, 0.29) is 5.97 Å². The van der Waals surface area contributed by atoms with Crippen LogP contribution < -0.4 is 0 Å². The fourth-order valence-corrected chi connectivity index (χ4v) is 3.06. The molecule has 2 aliphatic rings. The molecule has 1 saturated carbocycles. The molecule has 0 aromatic carbocycles. The van der Waals surface area contributed by atoms with Crippen LogP contribution in [0.5, 0.6) is 0 Å². The standard InChI is InChI=1S/C10H13ClO3/c1-8(2)9(3)4-5-10(8,6(11)12)14-7(9)13/h4-5H2,1-3H3/t9?,10-/m1/s1. The summed E-state index contributed by atoms with van der Waals surface area (Å²) >= 11 is 5.56. The van der Waals surface area contributed by atoms with Crippen LogP contribution in [0.4, 0.5) is 0 Å². The third-order valence-corrected chi connectivity index (χ3v) is 4.71. The Morgan fingerprint density at radius 1 is 1.36 bits per heavy atom. The van der Waals surface area contributed by atoms with Gasteiger partial charge in [0, 0.05) is 5.41 Å². The molecule has 3 nitrogen and oxygen atoms in total. The largest absolute Gasteiger partial charge is 0.449 e. The smallest absolute Gasteiger partial charge is 0.313 e. The van der Waals surface area contributed by atoms with Crippen molar-refractivity contribution < 1.29 is 14.3 Å². The first-order valence-corrected chi connectivity index (χ1v) is 5.09. The van der Waals surface area contributed by atoms with E-state index in [2.05, 4.69) is 0 Å². The van der Waals surface area contributed by atoms with Crippen LogP contribution in [0, 0.1) is 10.8 Å². The molecular weight excluding hydrogens is 204 g/mol. The second-order valence-electron chi connectivity index (χ2n) is 4.95. The first kappa shape index (κ1) is 9.97. The van der Waals surface area contributed by atoms with E-state index < -0.39 is 21.7 Å². The molecule has 0 aromatic rings. The van der Waals surface area contributed by atoms with Gasteiger partial charge in [0.15, 0.2) is 5.60 Å². The molecule has 0 N–H and O–H groups in total. The van der Waals surface area contributed by atoms with Crippen molar-refractivity contribution in [3.05, 3.63) is 0 Å². The average Bonchev–Trinajstić information content (AvgIpc) is 2.34. The molecule has 2 bridgehead atoms. The minimum atomic E-state index is -1.08. The van der Waals surface area contributed by atoms with E-state index in [4.69, 9.17) is 16.3 Å². The average molecular weight is 217 g/mol. The van der Waals surface area contributed by atoms with Gasteiger partial charge in [-0.25, -0.2) is 0 Å². The number of ether oxygens (including phenoxy) is 1. The monoisotopic (exact) mass is 216 g/mol. The SMILES string of the molecule is CC12CC[C@](C(=O)Cl)(OC1=O)C2(C)C. The Labute approximate surface area is 87.8 Å². The van der Waals surface area contributed by atoms with Gasteiger partial charge in [-0.15, -0.1) is 0 Å². The molecule has 14 heavy (non-hydrogen) atoms. The quantitative estimate of drug-likeness (QED) is 0.497. The third-order valence-electron chi connectivity index (χ3n) is 4.40. The lowest BCUT2D eigenvalue weighted by Gasteiger charge is -2.33. The van der Waals surface area contributed by atoms with E-state index in [1.54, 1.807) is 0 Å². The molecule has 0 aromatic heterocycles. The van der Waals surface area contributed by atoms with Gasteiger partial charge in [-0.3, -0.25) is 9.59 Å². The van der Waals surface area contributed by atoms with Crippen LogP contribution in [-0.2, 0) is 14.3 Å². The van der Waals surface area contributed by atoms with Crippen LogP contribution in [0.2, 0.25) is 0 Å². The molecule has 78 valence electrons. The van der Waals surface area contributed by atoms with Crippen molar-refractivity contribution in [3.63, 3.8) is 0 Å². The van der Waals surface area contributed by atoms with Crippen molar-refractivity contribution in [3.8, 4) is 0 Å². The highest BCUT2D eigenvalue weighted by Crippen LogP contribution is 2.66. The van der Waals surface area contributed by atoms with E-state index >= 15 is 0 Å². The lowest BCUT2D eigenvalue weighted by Crippen LogP contribution is -2.45. The molecule has 1 heterocycles. The van der Waals surface area contributed by atoms with E-state index in [0.717, 1.165) is 0 Å². The molecule has 0 radical (unpaired) electrons. The molecule has 1 unspecified atom stereocenters. The van der Waals surface area contributed by atoms with Gasteiger partial charge in [0.1, 0.15) is 0 Å². The Morgan fingerprint density at radius 3 is 2.14 bits per heavy atom. The summed E-state index contributed by atoms with van der Waals surface area (Å²) in [4.78, 5) is 23.1. The molecule has 2 atom stereocenters. The topological polar surface area (TPSA) is 43.4 Å². The zero-order valence-electron chi connectivity index (χ0n) is 8.52. The molecule has 4 heteroatoms. The van der Waals surface area contributed by atoms with Crippen LogP contribution in [0.15, 0.2) is 0 Å². The summed E-state index contributed by atoms with van der Waals surface area (Å²) in [5.41, 5.74) is -2.14. The van der Waals surface area contributed by atoms with E-state index in [1.165, 1.54) is 0 Å². The van der Waals surface area contributed by atoms with Crippen LogP contribution in [0.3, 0.4) is 0 Å². The molecule has 1 aliphatic carbocycles. The third kappa shape index (κ3) is 0.724. The molecular formula is C10H13ClO3. The van der Waals surface area contributed by atoms with Gasteiger partial charge in [-0.1, -0.05) is 13.8 Å². The summed E-state index contributed by atoms with van der Waals surface area (Å²) in [6.07, 6.45) is 1.22. The molecule has 2 rings (SSSR count). The predicted octanol–water partition coefficient (Wildman–Crippen LogP) is 1.87. The summed E-state index contributed by atoms with van der Waals surface area (Å²) in [7, 11) is 0. The molecule has 1 aliphatic heterocycles. The second kappa shape index (κ2) is 2.32. The first-order chi connectivity index (χ1) is 6.28. The highest BCUT2D eigenvalue weighted by atomic mass is 35.5. The van der Waals surface area contributed by atoms with Crippen molar-refractivity contribution in [1.82, 2.24) is 0 Å². The molecule has 0 amide bonds. The lowest BCUT2D eigenvalue weighted by atomic mass is 9.67. The highest BCUT2D eigenvalue weighted by Gasteiger charge is 2.75. The van der Waals surface area contributed by atoms with Gasteiger partial charge >= 0.3 is 5.97 Å². The first-order valence-electron chi connectivity index (χ1n) is 4.71. The number of hydrogen-bond donors (Lipinski definition) is 0. The normalized spacial score (nSPS) is 43.9. The van der Waals surface area contributed by atoms with Gasteiger partial charge in [0.05, 0.1) is 5.41 Å². The lowest BCUT2D eigenvalue weighted by molar-refractivity contribution is -0.164. The van der Waals surface area contributed by atoms with Crippen molar-refractivity contribution in [2.75, 3.05) is 0 Å². The van der Waals surface area contributed by atoms with Crippen LogP contribution >= 0.6 is 11.6 Å². The maximum absolute atomic E-state index is 11.6. The van der Waals surface area contributed by atoms with E-state index in [9.17, 15) is 9.59 Å². The van der Waals surface area contributed by atoms with Gasteiger partial charge in [0.2, 0.25) is 0 Å². The predicted molar refractivity (Wildman–Crippen MR) is 50.8 cm³/mol. The van der Waals surface area contributed by atoms with E-state index in [1.807, 2.05) is 20.8 Å². The van der Waals surface area contributed by atoms with Gasteiger partial charge in [-0.05, 0) is 31.4 Å².